The molecule has 4 heteroatoms. The van der Waals surface area contributed by atoms with Gasteiger partial charge in [-0.3, -0.25) is 9.20 Å². The summed E-state index contributed by atoms with van der Waals surface area (Å²) in [6.45, 7) is 7.23. The van der Waals surface area contributed by atoms with Crippen LogP contribution in [0.5, 0.6) is 0 Å². The molecule has 0 spiro atoms. The number of anilines is 1. The zero-order valence-electron chi connectivity index (χ0n) is 21.1. The van der Waals surface area contributed by atoms with Gasteiger partial charge in [0.15, 0.2) is 0 Å². The number of nitrogens with one attached hydrogen (secondary N) is 1. The Labute approximate surface area is 212 Å². The molecule has 180 valence electrons. The molecule has 1 aliphatic heterocycles. The number of nitrogens with zero attached hydrogens (tertiary/aromatic N) is 2. The van der Waals surface area contributed by atoms with Crippen molar-refractivity contribution in [3.05, 3.63) is 107 Å². The maximum absolute atomic E-state index is 14.0. The lowest BCUT2D eigenvalue weighted by atomic mass is 9.97. The molecule has 0 bridgehead atoms. The van der Waals surface area contributed by atoms with Gasteiger partial charge in [-0.05, 0) is 69.4 Å². The number of imidazole rings is 1. The maximum atomic E-state index is 14.0. The van der Waals surface area contributed by atoms with Crippen LogP contribution in [0.4, 0.5) is 5.69 Å². The second-order valence-corrected chi connectivity index (χ2v) is 10.1. The lowest BCUT2D eigenvalue weighted by Gasteiger charge is -2.11. The molecule has 6 rings (SSSR count). The SMILES string of the molecule is Cc1ccc(NC(=O)c2c(-c3ccc(C)cc3)c3c4n(c(-c5cccc(C)c5)cn24)CCCC3)cc1. The predicted molar refractivity (Wildman–Crippen MR) is 148 cm³/mol. The molecule has 5 aromatic rings. The van der Waals surface area contributed by atoms with Crippen molar-refractivity contribution < 1.29 is 4.79 Å². The highest BCUT2D eigenvalue weighted by atomic mass is 16.1. The minimum absolute atomic E-state index is 0.0795. The first kappa shape index (κ1) is 22.4. The average molecular weight is 474 g/mol. The largest absolute Gasteiger partial charge is 0.325 e. The van der Waals surface area contributed by atoms with Crippen molar-refractivity contribution in [2.24, 2.45) is 0 Å². The molecule has 1 aliphatic rings. The van der Waals surface area contributed by atoms with Crippen LogP contribution in [0.2, 0.25) is 0 Å². The maximum Gasteiger partial charge on any atom is 0.273 e. The molecule has 36 heavy (non-hydrogen) atoms. The van der Waals surface area contributed by atoms with Crippen LogP contribution >= 0.6 is 0 Å². The molecule has 0 saturated carbocycles. The van der Waals surface area contributed by atoms with Gasteiger partial charge in [0.05, 0.1) is 5.69 Å². The fourth-order valence-electron chi connectivity index (χ4n) is 5.50. The van der Waals surface area contributed by atoms with Gasteiger partial charge >= 0.3 is 0 Å². The summed E-state index contributed by atoms with van der Waals surface area (Å²) in [4.78, 5) is 14.0. The van der Waals surface area contributed by atoms with E-state index in [1.807, 2.05) is 24.3 Å². The van der Waals surface area contributed by atoms with E-state index in [9.17, 15) is 4.79 Å². The smallest absolute Gasteiger partial charge is 0.273 e. The van der Waals surface area contributed by atoms with Crippen LogP contribution < -0.4 is 5.32 Å². The van der Waals surface area contributed by atoms with E-state index in [2.05, 4.69) is 89.8 Å². The Hall–Kier alpha value is -4.05. The number of aryl methyl sites for hydroxylation is 5. The highest BCUT2D eigenvalue weighted by Crippen LogP contribution is 2.40. The van der Waals surface area contributed by atoms with Crippen LogP contribution in [0, 0.1) is 20.8 Å². The van der Waals surface area contributed by atoms with Gasteiger partial charge in [-0.1, -0.05) is 71.3 Å². The Morgan fingerprint density at radius 2 is 1.53 bits per heavy atom. The van der Waals surface area contributed by atoms with Crippen molar-refractivity contribution in [2.45, 2.75) is 46.6 Å². The summed E-state index contributed by atoms with van der Waals surface area (Å²) < 4.78 is 4.58. The van der Waals surface area contributed by atoms with Gasteiger partial charge in [-0.25, -0.2) is 0 Å². The van der Waals surface area contributed by atoms with Gasteiger partial charge < -0.3 is 9.88 Å². The lowest BCUT2D eigenvalue weighted by molar-refractivity contribution is 0.102. The number of hydrogen-bond donors (Lipinski definition) is 1. The standard InChI is InChI=1S/C32H31N3O/c1-21-10-14-24(15-11-21)29-27-9-4-5-18-34-28(25-8-6-7-23(3)19-25)20-35(32(27)34)30(29)31(36)33-26-16-12-22(2)13-17-26/h6-8,10-17,19-20H,4-5,9,18H2,1-3H3,(H,33,36). The molecule has 0 saturated heterocycles. The number of aromatic nitrogens is 2. The molecular formula is C32H31N3O. The van der Waals surface area contributed by atoms with E-state index in [1.165, 1.54) is 27.8 Å². The first-order chi connectivity index (χ1) is 17.5. The highest BCUT2D eigenvalue weighted by molar-refractivity contribution is 6.10. The Morgan fingerprint density at radius 1 is 0.806 bits per heavy atom. The highest BCUT2D eigenvalue weighted by Gasteiger charge is 2.29. The monoisotopic (exact) mass is 473 g/mol. The second kappa shape index (κ2) is 8.87. The molecular weight excluding hydrogens is 442 g/mol. The molecule has 0 radical (unpaired) electrons. The summed E-state index contributed by atoms with van der Waals surface area (Å²) in [5.74, 6) is -0.0795. The molecule has 0 aliphatic carbocycles. The summed E-state index contributed by atoms with van der Waals surface area (Å²) in [6, 6.07) is 25.2. The van der Waals surface area contributed by atoms with Gasteiger partial charge in [0, 0.05) is 29.6 Å². The van der Waals surface area contributed by atoms with Gasteiger partial charge in [-0.15, -0.1) is 0 Å². The van der Waals surface area contributed by atoms with E-state index >= 15 is 0 Å². The molecule has 2 aromatic heterocycles. The minimum atomic E-state index is -0.0795. The molecule has 0 fully saturated rings. The molecule has 0 unspecified atom stereocenters. The Morgan fingerprint density at radius 3 is 2.25 bits per heavy atom. The van der Waals surface area contributed by atoms with Crippen molar-refractivity contribution in [3.63, 3.8) is 0 Å². The minimum Gasteiger partial charge on any atom is -0.325 e. The van der Waals surface area contributed by atoms with Gasteiger partial charge in [0.25, 0.3) is 5.91 Å². The van der Waals surface area contributed by atoms with Crippen molar-refractivity contribution in [1.29, 1.82) is 0 Å². The topological polar surface area (TPSA) is 38.4 Å². The van der Waals surface area contributed by atoms with Gasteiger partial charge in [0.2, 0.25) is 0 Å². The van der Waals surface area contributed by atoms with Crippen molar-refractivity contribution in [2.75, 3.05) is 5.32 Å². The Bertz CT molecular complexity index is 1580. The van der Waals surface area contributed by atoms with Crippen LogP contribution in [0.15, 0.2) is 79.0 Å². The van der Waals surface area contributed by atoms with Crippen LogP contribution in [0.3, 0.4) is 0 Å². The molecule has 1 amide bonds. The number of amides is 1. The fourth-order valence-corrected chi connectivity index (χ4v) is 5.50. The number of carbonyl (C=O) groups is 1. The van der Waals surface area contributed by atoms with E-state index in [1.54, 1.807) is 0 Å². The molecule has 3 heterocycles. The molecule has 1 N–H and O–H groups in total. The quantitative estimate of drug-likeness (QED) is 0.287. The Balaban J connectivity index is 1.61. The van der Waals surface area contributed by atoms with Crippen LogP contribution in [0.25, 0.3) is 28.0 Å². The third-order valence-electron chi connectivity index (χ3n) is 7.31. The van der Waals surface area contributed by atoms with E-state index in [4.69, 9.17) is 0 Å². The van der Waals surface area contributed by atoms with Gasteiger partial charge in [0.1, 0.15) is 11.3 Å². The number of benzene rings is 3. The summed E-state index contributed by atoms with van der Waals surface area (Å²) in [5.41, 5.74) is 12.1. The number of hydrogen-bond acceptors (Lipinski definition) is 1. The first-order valence-corrected chi connectivity index (χ1v) is 12.8. The van der Waals surface area contributed by atoms with Crippen LogP contribution in [-0.4, -0.2) is 14.9 Å². The summed E-state index contributed by atoms with van der Waals surface area (Å²) in [5, 5.41) is 3.18. The van der Waals surface area contributed by atoms with Crippen LogP contribution in [-0.2, 0) is 13.0 Å². The molecule has 3 aromatic carbocycles. The van der Waals surface area contributed by atoms with Crippen molar-refractivity contribution in [1.82, 2.24) is 8.97 Å². The summed E-state index contributed by atoms with van der Waals surface area (Å²) >= 11 is 0. The third kappa shape index (κ3) is 3.83. The van der Waals surface area contributed by atoms with E-state index in [0.29, 0.717) is 5.69 Å². The number of rotatable bonds is 4. The van der Waals surface area contributed by atoms with Crippen molar-refractivity contribution >= 4 is 17.2 Å². The van der Waals surface area contributed by atoms with E-state index < -0.39 is 0 Å². The second-order valence-electron chi connectivity index (χ2n) is 10.1. The molecule has 0 atom stereocenters. The van der Waals surface area contributed by atoms with Crippen molar-refractivity contribution in [3.8, 4) is 22.4 Å². The van der Waals surface area contributed by atoms with Gasteiger partial charge in [-0.2, -0.15) is 0 Å². The fraction of sp³-hybridized carbons (Fsp3) is 0.219. The zero-order chi connectivity index (χ0) is 24.8. The van der Waals surface area contributed by atoms with E-state index in [0.717, 1.165) is 54.0 Å². The zero-order valence-corrected chi connectivity index (χ0v) is 21.1. The van der Waals surface area contributed by atoms with E-state index in [-0.39, 0.29) is 5.91 Å². The summed E-state index contributed by atoms with van der Waals surface area (Å²) in [6.07, 6.45) is 5.35. The molecule has 4 nitrogen and oxygen atoms in total. The third-order valence-corrected chi connectivity index (χ3v) is 7.31. The lowest BCUT2D eigenvalue weighted by Crippen LogP contribution is -2.15. The normalized spacial score (nSPS) is 13.1. The van der Waals surface area contributed by atoms with Crippen LogP contribution in [0.1, 0.15) is 45.6 Å². The Kier molecular flexibility index (Phi) is 5.52. The predicted octanol–water partition coefficient (Wildman–Crippen LogP) is 7.59. The summed E-state index contributed by atoms with van der Waals surface area (Å²) in [7, 11) is 0. The average Bonchev–Trinajstić information content (AvgIpc) is 3.29. The first-order valence-electron chi connectivity index (χ1n) is 12.8. The number of carbonyl (C=O) groups excluding carboxylic acids is 1.